The first-order valence-electron chi connectivity index (χ1n) is 21.9. The zero-order valence-electron chi connectivity index (χ0n) is 39.8. The molecular formula is C45H74N2O15. The second-order valence-electron chi connectivity index (χ2n) is 18.8. The summed E-state index contributed by atoms with van der Waals surface area (Å²) in [5.41, 5.74) is -3.79. The van der Waals surface area contributed by atoms with Gasteiger partial charge in [-0.3, -0.25) is 14.4 Å². The zero-order chi connectivity index (χ0) is 46.8. The average Bonchev–Trinajstić information content (AvgIpc) is 3.44. The Kier molecular flexibility index (Phi) is 16.9. The van der Waals surface area contributed by atoms with Gasteiger partial charge in [-0.2, -0.15) is 0 Å². The van der Waals surface area contributed by atoms with Crippen LogP contribution >= 0.6 is 0 Å². The molecule has 0 aliphatic carbocycles. The highest BCUT2D eigenvalue weighted by atomic mass is 16.7. The van der Waals surface area contributed by atoms with E-state index < -0.39 is 120 Å². The molecule has 0 aromatic heterocycles. The topological polar surface area (TPSA) is 184 Å². The summed E-state index contributed by atoms with van der Waals surface area (Å²) >= 11 is 0. The largest absolute Gasteiger partial charge is 0.458 e. The molecule has 17 heteroatoms. The molecule has 0 aromatic rings. The number of carbonyl (C=O) groups is 5. The highest BCUT2D eigenvalue weighted by molar-refractivity contribution is 5.85. The smallest absolute Gasteiger partial charge is 0.410 e. The predicted molar refractivity (Wildman–Crippen MR) is 224 cm³/mol. The lowest BCUT2D eigenvalue weighted by Crippen LogP contribution is -2.62. The maximum atomic E-state index is 14.7. The SMILES string of the molecule is C=CC(=O)O[C@H]1[C@H](C)O[C@@H](O[C@H]2[C@H](C)[C@@H](O[C@@H]3O[C@H](C)C[C@H](N(C)C)[C@H]3OC(C)=O)[C@](C)(OC)C[C@@H](C)C(=O)[C@H](C)[C@H]3N(C)C(=O)O[C@]3(C)[C@@H](CC)OC(=O)[C@@H]2C)C[C@@]1(C)OC. The quantitative estimate of drug-likeness (QED) is 0.156. The van der Waals surface area contributed by atoms with E-state index >= 15 is 0 Å². The van der Waals surface area contributed by atoms with Crippen LogP contribution in [0.1, 0.15) is 102 Å². The highest BCUT2D eigenvalue weighted by Gasteiger charge is 2.60. The standard InChI is InChI=1S/C45H74N2O15/c1-18-31-45(12)37(47(15)42(52)62-45)25(5)34(50)23(3)21-43(10,53-16)38(61-41-36(57-29(9)48)30(46(13)14)20-24(4)55-41)26(6)35(27(7)40(51)58-31)60-33-22-44(11,54-17)39(28(8)56-33)59-32(49)19-2/h19,23-28,30-31,33,35-39,41H,2,18,20-22H2,1,3-17H3/t23-,24-,25+,26+,27-,28+,30+,31-,33+,35+,36-,37-,38-,39+,41+,43-,44-,45-/m1/s1. The van der Waals surface area contributed by atoms with Gasteiger partial charge >= 0.3 is 24.0 Å². The molecule has 0 N–H and O–H groups in total. The van der Waals surface area contributed by atoms with Gasteiger partial charge in [0.1, 0.15) is 17.5 Å². The van der Waals surface area contributed by atoms with E-state index in [2.05, 4.69) is 6.58 Å². The van der Waals surface area contributed by atoms with Crippen LogP contribution in [0.5, 0.6) is 0 Å². The fraction of sp³-hybridized carbons (Fsp3) is 0.844. The minimum absolute atomic E-state index is 0.0757. The number of ketones is 1. The van der Waals surface area contributed by atoms with E-state index in [0.29, 0.717) is 6.42 Å². The number of methoxy groups -OCH3 is 2. The molecule has 4 saturated heterocycles. The maximum Gasteiger partial charge on any atom is 0.410 e. The minimum atomic E-state index is -1.39. The Hall–Kier alpha value is -3.19. The summed E-state index contributed by atoms with van der Waals surface area (Å²) in [6, 6.07) is -1.08. The van der Waals surface area contributed by atoms with E-state index in [0.717, 1.165) is 6.08 Å². The second kappa shape index (κ2) is 20.3. The number of amides is 1. The third-order valence-electron chi connectivity index (χ3n) is 13.9. The molecule has 17 nitrogen and oxygen atoms in total. The van der Waals surface area contributed by atoms with Gasteiger partial charge in [0, 0.05) is 58.4 Å². The van der Waals surface area contributed by atoms with Crippen molar-refractivity contribution in [3.05, 3.63) is 12.7 Å². The van der Waals surface area contributed by atoms with Gasteiger partial charge in [0.25, 0.3) is 0 Å². The molecule has 18 atom stereocenters. The normalized spacial score (nSPS) is 43.5. The fourth-order valence-electron chi connectivity index (χ4n) is 10.5. The number of rotatable bonds is 11. The van der Waals surface area contributed by atoms with E-state index in [-0.39, 0.29) is 37.2 Å². The summed E-state index contributed by atoms with van der Waals surface area (Å²) in [6.07, 6.45) is -6.49. The molecule has 62 heavy (non-hydrogen) atoms. The summed E-state index contributed by atoms with van der Waals surface area (Å²) in [5.74, 6) is -5.20. The fourth-order valence-corrected chi connectivity index (χ4v) is 10.5. The maximum absolute atomic E-state index is 14.7. The summed E-state index contributed by atoms with van der Waals surface area (Å²) < 4.78 is 63.4. The van der Waals surface area contributed by atoms with Gasteiger partial charge in [-0.15, -0.1) is 0 Å². The molecule has 0 aromatic carbocycles. The molecule has 4 aliphatic rings. The third kappa shape index (κ3) is 10.5. The van der Waals surface area contributed by atoms with Crippen molar-refractivity contribution in [2.45, 2.75) is 186 Å². The van der Waals surface area contributed by atoms with E-state index in [4.69, 9.17) is 47.4 Å². The molecule has 0 spiro atoms. The van der Waals surface area contributed by atoms with Crippen LogP contribution in [0.15, 0.2) is 12.7 Å². The van der Waals surface area contributed by atoms with E-state index in [9.17, 15) is 24.0 Å². The molecule has 4 heterocycles. The van der Waals surface area contributed by atoms with Gasteiger partial charge in [0.15, 0.2) is 30.4 Å². The van der Waals surface area contributed by atoms with Crippen molar-refractivity contribution < 1.29 is 71.3 Å². The number of hydrogen-bond acceptors (Lipinski definition) is 16. The molecular weight excluding hydrogens is 808 g/mol. The first-order valence-corrected chi connectivity index (χ1v) is 21.9. The number of likely N-dealkylation sites (N-methyl/N-ethyl adjacent to an activating group) is 2. The molecule has 1 amide bonds. The van der Waals surface area contributed by atoms with E-state index in [1.165, 1.54) is 26.0 Å². The predicted octanol–water partition coefficient (Wildman–Crippen LogP) is 4.84. The van der Waals surface area contributed by atoms with Crippen molar-refractivity contribution in [1.82, 2.24) is 9.80 Å². The Morgan fingerprint density at radius 3 is 2.05 bits per heavy atom. The van der Waals surface area contributed by atoms with Crippen LogP contribution in [-0.2, 0) is 66.5 Å². The van der Waals surface area contributed by atoms with Crippen LogP contribution in [-0.4, -0.2) is 159 Å². The lowest BCUT2D eigenvalue weighted by molar-refractivity contribution is -0.320. The summed E-state index contributed by atoms with van der Waals surface area (Å²) in [4.78, 5) is 71.1. The summed E-state index contributed by atoms with van der Waals surface area (Å²) in [5, 5.41) is 0. The summed E-state index contributed by atoms with van der Waals surface area (Å²) in [6.45, 7) is 22.7. The molecule has 0 unspecified atom stereocenters. The molecule has 4 fully saturated rings. The van der Waals surface area contributed by atoms with Crippen LogP contribution in [0, 0.1) is 23.7 Å². The van der Waals surface area contributed by atoms with Gasteiger partial charge in [-0.1, -0.05) is 34.3 Å². The van der Waals surface area contributed by atoms with Crippen LogP contribution in [0.4, 0.5) is 4.79 Å². The number of carbonyl (C=O) groups excluding carboxylic acids is 5. The molecule has 0 bridgehead atoms. The molecule has 0 radical (unpaired) electrons. The molecule has 0 saturated carbocycles. The average molecular weight is 883 g/mol. The van der Waals surface area contributed by atoms with Crippen molar-refractivity contribution >= 4 is 29.8 Å². The number of fused-ring (bicyclic) bond motifs is 1. The minimum Gasteiger partial charge on any atom is -0.458 e. The van der Waals surface area contributed by atoms with Crippen LogP contribution < -0.4 is 0 Å². The number of ether oxygens (including phenoxy) is 10. The van der Waals surface area contributed by atoms with Crippen LogP contribution in [0.3, 0.4) is 0 Å². The first-order chi connectivity index (χ1) is 28.8. The van der Waals surface area contributed by atoms with Gasteiger partial charge in [0.2, 0.25) is 0 Å². The Balaban J connectivity index is 1.92. The number of cyclic esters (lactones) is 1. The van der Waals surface area contributed by atoms with E-state index in [1.54, 1.807) is 41.7 Å². The van der Waals surface area contributed by atoms with Gasteiger partial charge in [-0.05, 0) is 74.9 Å². The summed E-state index contributed by atoms with van der Waals surface area (Å²) in [7, 11) is 8.39. The Morgan fingerprint density at radius 2 is 1.50 bits per heavy atom. The zero-order valence-corrected chi connectivity index (χ0v) is 39.8. The van der Waals surface area contributed by atoms with Crippen molar-refractivity contribution in [3.8, 4) is 0 Å². The Bertz CT molecular complexity index is 1630. The number of nitrogens with zero attached hydrogens (tertiary/aromatic N) is 2. The second-order valence-corrected chi connectivity index (χ2v) is 18.8. The van der Waals surface area contributed by atoms with Gasteiger partial charge in [-0.25, -0.2) is 9.59 Å². The first kappa shape index (κ1) is 51.4. The van der Waals surface area contributed by atoms with E-state index in [1.807, 2.05) is 53.6 Å². The van der Waals surface area contributed by atoms with Crippen LogP contribution in [0.25, 0.3) is 0 Å². The number of hydrogen-bond donors (Lipinski definition) is 0. The van der Waals surface area contributed by atoms with Gasteiger partial charge < -0.3 is 57.2 Å². The lowest BCUT2D eigenvalue weighted by Gasteiger charge is -2.50. The number of Topliss-reactive ketones (excluding diaryl/α,β-unsaturated/α-hetero) is 1. The van der Waals surface area contributed by atoms with Crippen molar-refractivity contribution in [2.75, 3.05) is 35.4 Å². The van der Waals surface area contributed by atoms with Gasteiger partial charge in [0.05, 0.1) is 48.0 Å². The lowest BCUT2D eigenvalue weighted by atomic mass is 9.73. The van der Waals surface area contributed by atoms with Crippen molar-refractivity contribution in [2.24, 2.45) is 23.7 Å². The number of esters is 3. The Morgan fingerprint density at radius 1 is 0.887 bits per heavy atom. The van der Waals surface area contributed by atoms with Crippen LogP contribution in [0.2, 0.25) is 0 Å². The molecule has 354 valence electrons. The molecule has 4 aliphatic heterocycles. The third-order valence-corrected chi connectivity index (χ3v) is 13.9. The van der Waals surface area contributed by atoms with Crippen molar-refractivity contribution in [3.63, 3.8) is 0 Å². The monoisotopic (exact) mass is 883 g/mol. The Labute approximate surface area is 368 Å². The van der Waals surface area contributed by atoms with Crippen molar-refractivity contribution in [1.29, 1.82) is 0 Å². The highest BCUT2D eigenvalue weighted by Crippen LogP contribution is 2.44. The molecule has 4 rings (SSSR count).